The van der Waals surface area contributed by atoms with Gasteiger partial charge in [0.1, 0.15) is 0 Å². The van der Waals surface area contributed by atoms with Gasteiger partial charge in [0, 0.05) is 6.17 Å². The molecule has 0 radical (unpaired) electrons. The second-order valence-corrected chi connectivity index (χ2v) is 2.44. The van der Waals surface area contributed by atoms with Gasteiger partial charge in [-0.05, 0) is 32.9 Å². The van der Waals surface area contributed by atoms with E-state index < -0.39 is 0 Å². The second-order valence-electron chi connectivity index (χ2n) is 2.44. The second kappa shape index (κ2) is 3.15. The highest BCUT2D eigenvalue weighted by Crippen LogP contribution is 2.12. The number of piperidine rings is 1. The zero-order valence-corrected chi connectivity index (χ0v) is 5.76. The summed E-state index contributed by atoms with van der Waals surface area (Å²) >= 11 is 0. The van der Waals surface area contributed by atoms with Crippen molar-refractivity contribution in [3.05, 3.63) is 5.21 Å². The Hall–Kier alpha value is -0.120. The van der Waals surface area contributed by atoms with E-state index >= 15 is 0 Å². The zero-order chi connectivity index (χ0) is 6.69. The standard InChI is InChI=1S/C6H13N2O/c1-7-6-4-2-3-5-8(6)9/h6-7H,2-5H2,1H3/q-1. The minimum absolute atomic E-state index is 0.0822. The lowest BCUT2D eigenvalue weighted by molar-refractivity contribution is 0.188. The SMILES string of the molecule is CNC1CCCCN1[O-]. The molecule has 3 heteroatoms. The summed E-state index contributed by atoms with van der Waals surface area (Å²) in [6, 6.07) is 0. The number of hydrogen-bond acceptors (Lipinski definition) is 3. The minimum atomic E-state index is 0.0822. The summed E-state index contributed by atoms with van der Waals surface area (Å²) in [6.45, 7) is 0.700. The third kappa shape index (κ3) is 1.64. The molecule has 1 aliphatic heterocycles. The summed E-state index contributed by atoms with van der Waals surface area (Å²) < 4.78 is 0. The Labute approximate surface area is 55.6 Å². The molecule has 1 heterocycles. The van der Waals surface area contributed by atoms with E-state index in [9.17, 15) is 5.21 Å². The fourth-order valence-electron chi connectivity index (χ4n) is 1.19. The van der Waals surface area contributed by atoms with E-state index in [1.54, 1.807) is 0 Å². The van der Waals surface area contributed by atoms with E-state index in [1.165, 1.54) is 6.42 Å². The molecule has 1 unspecified atom stereocenters. The molecular formula is C6H13N2O-. The van der Waals surface area contributed by atoms with Gasteiger partial charge in [-0.25, -0.2) is 0 Å². The van der Waals surface area contributed by atoms with Gasteiger partial charge >= 0.3 is 0 Å². The van der Waals surface area contributed by atoms with Crippen LogP contribution in [0.25, 0.3) is 0 Å². The molecule has 1 atom stereocenters. The van der Waals surface area contributed by atoms with Crippen molar-refractivity contribution in [2.45, 2.75) is 25.4 Å². The van der Waals surface area contributed by atoms with Crippen molar-refractivity contribution in [3.8, 4) is 0 Å². The number of rotatable bonds is 1. The molecule has 1 saturated heterocycles. The van der Waals surface area contributed by atoms with Gasteiger partial charge in [0.15, 0.2) is 0 Å². The molecular weight excluding hydrogens is 116 g/mol. The van der Waals surface area contributed by atoms with Gasteiger partial charge in [0.2, 0.25) is 0 Å². The monoisotopic (exact) mass is 129 g/mol. The van der Waals surface area contributed by atoms with Gasteiger partial charge in [-0.3, -0.25) is 0 Å². The average Bonchev–Trinajstić information content (AvgIpc) is 1.89. The Balaban J connectivity index is 2.30. The molecule has 1 N–H and O–H groups in total. The van der Waals surface area contributed by atoms with Crippen molar-refractivity contribution in [3.63, 3.8) is 0 Å². The van der Waals surface area contributed by atoms with Crippen LogP contribution in [0.3, 0.4) is 0 Å². The highest BCUT2D eigenvalue weighted by Gasteiger charge is 2.11. The van der Waals surface area contributed by atoms with Crippen molar-refractivity contribution in [2.24, 2.45) is 0 Å². The zero-order valence-electron chi connectivity index (χ0n) is 5.76. The fraction of sp³-hybridized carbons (Fsp3) is 1.00. The first-order valence-electron chi connectivity index (χ1n) is 3.45. The van der Waals surface area contributed by atoms with Crippen molar-refractivity contribution in [1.29, 1.82) is 0 Å². The smallest absolute Gasteiger partial charge is 0.0479 e. The first kappa shape index (κ1) is 6.99. The van der Waals surface area contributed by atoms with Crippen molar-refractivity contribution in [1.82, 2.24) is 10.4 Å². The van der Waals surface area contributed by atoms with E-state index in [0.29, 0.717) is 6.54 Å². The van der Waals surface area contributed by atoms with Crippen LogP contribution in [0, 0.1) is 5.21 Å². The van der Waals surface area contributed by atoms with Gasteiger partial charge in [-0.1, -0.05) is 0 Å². The Kier molecular flexibility index (Phi) is 2.45. The van der Waals surface area contributed by atoms with Gasteiger partial charge in [-0.2, -0.15) is 0 Å². The first-order valence-corrected chi connectivity index (χ1v) is 3.45. The predicted molar refractivity (Wildman–Crippen MR) is 36.8 cm³/mol. The molecule has 0 aromatic heterocycles. The molecule has 3 nitrogen and oxygen atoms in total. The molecule has 1 aliphatic rings. The molecule has 0 saturated carbocycles. The van der Waals surface area contributed by atoms with Gasteiger partial charge in [0.25, 0.3) is 0 Å². The van der Waals surface area contributed by atoms with E-state index in [2.05, 4.69) is 5.32 Å². The van der Waals surface area contributed by atoms with Crippen LogP contribution in [0.5, 0.6) is 0 Å². The van der Waals surface area contributed by atoms with Crippen LogP contribution < -0.4 is 5.32 Å². The Bertz CT molecular complexity index is 87.1. The molecule has 1 rings (SSSR count). The third-order valence-corrected chi connectivity index (χ3v) is 1.79. The first-order chi connectivity index (χ1) is 4.34. The largest absolute Gasteiger partial charge is 0.784 e. The molecule has 0 amide bonds. The molecule has 54 valence electrons. The van der Waals surface area contributed by atoms with Crippen molar-refractivity contribution in [2.75, 3.05) is 13.6 Å². The van der Waals surface area contributed by atoms with Gasteiger partial charge in [0.05, 0.1) is 0 Å². The average molecular weight is 129 g/mol. The molecule has 1 fully saturated rings. The topological polar surface area (TPSA) is 38.3 Å². The number of nitrogens with zero attached hydrogens (tertiary/aromatic N) is 1. The van der Waals surface area contributed by atoms with E-state index in [-0.39, 0.29) is 6.17 Å². The summed E-state index contributed by atoms with van der Waals surface area (Å²) in [6.07, 6.45) is 3.32. The maximum atomic E-state index is 10.9. The minimum Gasteiger partial charge on any atom is -0.784 e. The summed E-state index contributed by atoms with van der Waals surface area (Å²) in [5.41, 5.74) is 0. The molecule has 9 heavy (non-hydrogen) atoms. The van der Waals surface area contributed by atoms with E-state index in [0.717, 1.165) is 17.9 Å². The quantitative estimate of drug-likeness (QED) is 0.560. The van der Waals surface area contributed by atoms with Crippen LogP contribution in [-0.4, -0.2) is 24.8 Å². The van der Waals surface area contributed by atoms with Gasteiger partial charge in [-0.15, -0.1) is 0 Å². The van der Waals surface area contributed by atoms with Crippen LogP contribution in [-0.2, 0) is 0 Å². The number of nitrogens with one attached hydrogen (secondary N) is 1. The highest BCUT2D eigenvalue weighted by atomic mass is 16.5. The van der Waals surface area contributed by atoms with Gasteiger partial charge < -0.3 is 15.6 Å². The summed E-state index contributed by atoms with van der Waals surface area (Å²) in [4.78, 5) is 0. The lowest BCUT2D eigenvalue weighted by atomic mass is 10.1. The fourth-order valence-corrected chi connectivity index (χ4v) is 1.19. The third-order valence-electron chi connectivity index (χ3n) is 1.79. The van der Waals surface area contributed by atoms with Crippen LogP contribution >= 0.6 is 0 Å². The summed E-state index contributed by atoms with van der Waals surface area (Å²) in [5.74, 6) is 0. The molecule has 0 aromatic rings. The number of hydrogen-bond donors (Lipinski definition) is 1. The maximum Gasteiger partial charge on any atom is 0.0479 e. The van der Waals surface area contributed by atoms with Crippen molar-refractivity contribution < 1.29 is 0 Å². The predicted octanol–water partition coefficient (Wildman–Crippen LogP) is 0.516. The van der Waals surface area contributed by atoms with Crippen molar-refractivity contribution >= 4 is 0 Å². The molecule has 0 spiro atoms. The molecule has 0 bridgehead atoms. The maximum absolute atomic E-state index is 10.9. The Morgan fingerprint density at radius 1 is 1.56 bits per heavy atom. The van der Waals surface area contributed by atoms with Crippen LogP contribution in [0.2, 0.25) is 0 Å². The Morgan fingerprint density at radius 2 is 2.33 bits per heavy atom. The summed E-state index contributed by atoms with van der Waals surface area (Å²) in [7, 11) is 1.83. The van der Waals surface area contributed by atoms with Crippen LogP contribution in [0.15, 0.2) is 0 Å². The lowest BCUT2D eigenvalue weighted by Crippen LogP contribution is -2.43. The number of hydroxylamine groups is 2. The Morgan fingerprint density at radius 3 is 2.78 bits per heavy atom. The highest BCUT2D eigenvalue weighted by molar-refractivity contribution is 4.73. The summed E-state index contributed by atoms with van der Waals surface area (Å²) in [5, 5.41) is 15.0. The van der Waals surface area contributed by atoms with Crippen LogP contribution in [0.4, 0.5) is 0 Å². The molecule has 0 aliphatic carbocycles. The van der Waals surface area contributed by atoms with E-state index in [4.69, 9.17) is 0 Å². The normalized spacial score (nSPS) is 30.7. The molecule has 0 aromatic carbocycles. The lowest BCUT2D eigenvalue weighted by Gasteiger charge is -2.40. The van der Waals surface area contributed by atoms with Crippen LogP contribution in [0.1, 0.15) is 19.3 Å². The van der Waals surface area contributed by atoms with E-state index in [1.807, 2.05) is 7.05 Å².